The SMILES string of the molecule is CCCc1cc2c(=O)n(NC(=O)[C@@H](C)n3nc(C(F)(F)F)c(Br)c3C)c(C)nc2s1. The van der Waals surface area contributed by atoms with Crippen molar-refractivity contribution in [2.24, 2.45) is 0 Å². The van der Waals surface area contributed by atoms with E-state index < -0.39 is 29.4 Å². The van der Waals surface area contributed by atoms with Gasteiger partial charge in [0.05, 0.1) is 15.6 Å². The van der Waals surface area contributed by atoms with E-state index in [1.54, 1.807) is 13.0 Å². The molecule has 0 unspecified atom stereocenters. The normalized spacial score (nSPS) is 13.1. The lowest BCUT2D eigenvalue weighted by Gasteiger charge is -2.16. The summed E-state index contributed by atoms with van der Waals surface area (Å²) in [6, 6.07) is 0.659. The standard InChI is InChI=1S/C18H19BrF3N5O2S/c1-5-6-11-7-12-16(30-11)23-10(4)27(17(12)29)25-15(28)9(3)26-8(2)13(19)14(24-26)18(20,21)22/h7,9H,5-6H2,1-4H3,(H,25,28)/t9-/m1/s1. The van der Waals surface area contributed by atoms with E-state index in [4.69, 9.17) is 0 Å². The van der Waals surface area contributed by atoms with Crippen LogP contribution in [0.5, 0.6) is 0 Å². The number of alkyl halides is 3. The zero-order valence-electron chi connectivity index (χ0n) is 16.6. The molecule has 0 aliphatic heterocycles. The van der Waals surface area contributed by atoms with Crippen LogP contribution in [0.3, 0.4) is 0 Å². The first-order valence-corrected chi connectivity index (χ1v) is 10.7. The lowest BCUT2D eigenvalue weighted by atomic mass is 10.2. The molecule has 0 aliphatic carbocycles. The van der Waals surface area contributed by atoms with Crippen molar-refractivity contribution >= 4 is 43.4 Å². The molecule has 0 aromatic carbocycles. The number of hydrogen-bond acceptors (Lipinski definition) is 5. The molecule has 162 valence electrons. The number of carbonyl (C=O) groups excluding carboxylic acids is 1. The van der Waals surface area contributed by atoms with Crippen LogP contribution in [0.15, 0.2) is 15.3 Å². The molecule has 3 heterocycles. The molecular formula is C18H19BrF3N5O2S. The maximum absolute atomic E-state index is 13.1. The summed E-state index contributed by atoms with van der Waals surface area (Å²) < 4.78 is 41.1. The zero-order chi connectivity index (χ0) is 22.4. The van der Waals surface area contributed by atoms with Gasteiger partial charge in [0.15, 0.2) is 5.69 Å². The van der Waals surface area contributed by atoms with Crippen molar-refractivity contribution in [1.82, 2.24) is 19.4 Å². The van der Waals surface area contributed by atoms with Crippen LogP contribution in [0.1, 0.15) is 48.4 Å². The summed E-state index contributed by atoms with van der Waals surface area (Å²) in [7, 11) is 0. The van der Waals surface area contributed by atoms with Crippen molar-refractivity contribution in [3.63, 3.8) is 0 Å². The number of fused-ring (bicyclic) bond motifs is 1. The first kappa shape index (κ1) is 22.5. The molecule has 7 nitrogen and oxygen atoms in total. The zero-order valence-corrected chi connectivity index (χ0v) is 19.0. The van der Waals surface area contributed by atoms with Crippen LogP contribution in [-0.4, -0.2) is 25.3 Å². The van der Waals surface area contributed by atoms with Crippen molar-refractivity contribution in [3.8, 4) is 0 Å². The Hall–Kier alpha value is -2.21. The summed E-state index contributed by atoms with van der Waals surface area (Å²) in [5, 5.41) is 3.93. The first-order chi connectivity index (χ1) is 14.0. The van der Waals surface area contributed by atoms with Crippen LogP contribution in [-0.2, 0) is 17.4 Å². The minimum atomic E-state index is -4.66. The summed E-state index contributed by atoms with van der Waals surface area (Å²) in [6.07, 6.45) is -2.92. The molecule has 0 spiro atoms. The van der Waals surface area contributed by atoms with E-state index in [9.17, 15) is 22.8 Å². The number of carbonyl (C=O) groups is 1. The summed E-state index contributed by atoms with van der Waals surface area (Å²) in [4.78, 5) is 31.6. The Morgan fingerprint density at radius 1 is 1.37 bits per heavy atom. The number of thiophene rings is 1. The third-order valence-corrected chi connectivity index (χ3v) is 6.63. The number of aromatic nitrogens is 4. The van der Waals surface area contributed by atoms with Gasteiger partial charge in [-0.05, 0) is 49.2 Å². The molecule has 1 atom stereocenters. The molecule has 3 rings (SSSR count). The van der Waals surface area contributed by atoms with Crippen molar-refractivity contribution in [3.05, 3.63) is 43.0 Å². The highest BCUT2D eigenvalue weighted by molar-refractivity contribution is 9.10. The van der Waals surface area contributed by atoms with E-state index in [0.29, 0.717) is 10.2 Å². The van der Waals surface area contributed by atoms with E-state index in [1.807, 2.05) is 6.92 Å². The molecule has 3 aromatic heterocycles. The number of nitrogens with one attached hydrogen (secondary N) is 1. The van der Waals surface area contributed by atoms with Gasteiger partial charge in [-0.2, -0.15) is 18.3 Å². The highest BCUT2D eigenvalue weighted by Crippen LogP contribution is 2.36. The van der Waals surface area contributed by atoms with Crippen LogP contribution in [0.2, 0.25) is 0 Å². The van der Waals surface area contributed by atoms with E-state index in [-0.39, 0.29) is 16.0 Å². The minimum absolute atomic E-state index is 0.143. The smallest absolute Gasteiger partial charge is 0.271 e. The maximum Gasteiger partial charge on any atom is 0.436 e. The third kappa shape index (κ3) is 4.02. The van der Waals surface area contributed by atoms with Crippen LogP contribution < -0.4 is 11.0 Å². The number of hydrogen-bond donors (Lipinski definition) is 1. The second kappa shape index (κ2) is 8.14. The van der Waals surface area contributed by atoms with Crippen LogP contribution in [0, 0.1) is 13.8 Å². The van der Waals surface area contributed by atoms with Gasteiger partial charge >= 0.3 is 6.18 Å². The monoisotopic (exact) mass is 505 g/mol. The second-order valence-electron chi connectivity index (χ2n) is 6.82. The van der Waals surface area contributed by atoms with Crippen LogP contribution in [0.25, 0.3) is 10.2 Å². The highest BCUT2D eigenvalue weighted by atomic mass is 79.9. The van der Waals surface area contributed by atoms with Crippen molar-refractivity contribution in [1.29, 1.82) is 0 Å². The van der Waals surface area contributed by atoms with Crippen LogP contribution >= 0.6 is 27.3 Å². The van der Waals surface area contributed by atoms with Gasteiger partial charge in [0, 0.05) is 4.88 Å². The Morgan fingerprint density at radius 2 is 2.03 bits per heavy atom. The largest absolute Gasteiger partial charge is 0.436 e. The summed E-state index contributed by atoms with van der Waals surface area (Å²) >= 11 is 4.31. The Bertz CT molecular complexity index is 1180. The first-order valence-electron chi connectivity index (χ1n) is 9.10. The molecule has 0 aliphatic rings. The predicted molar refractivity (Wildman–Crippen MR) is 111 cm³/mol. The fourth-order valence-corrected chi connectivity index (χ4v) is 4.66. The number of rotatable bonds is 5. The molecule has 0 fully saturated rings. The third-order valence-electron chi connectivity index (χ3n) is 4.59. The van der Waals surface area contributed by atoms with Gasteiger partial charge < -0.3 is 0 Å². The molecule has 0 radical (unpaired) electrons. The Morgan fingerprint density at radius 3 is 2.60 bits per heavy atom. The van der Waals surface area contributed by atoms with Gasteiger partial charge in [-0.3, -0.25) is 19.7 Å². The highest BCUT2D eigenvalue weighted by Gasteiger charge is 2.39. The average Bonchev–Trinajstić information content (AvgIpc) is 3.19. The molecule has 30 heavy (non-hydrogen) atoms. The van der Waals surface area contributed by atoms with Gasteiger partial charge in [-0.1, -0.05) is 13.3 Å². The number of nitrogens with zero attached hydrogens (tertiary/aromatic N) is 4. The van der Waals surface area contributed by atoms with Gasteiger partial charge in [0.2, 0.25) is 0 Å². The molecule has 0 bridgehead atoms. The molecule has 12 heteroatoms. The summed E-state index contributed by atoms with van der Waals surface area (Å²) in [6.45, 7) is 6.42. The number of aryl methyl sites for hydroxylation is 2. The Kier molecular flexibility index (Phi) is 6.10. The summed E-state index contributed by atoms with van der Waals surface area (Å²) in [5.41, 5.74) is 1.05. The van der Waals surface area contributed by atoms with Gasteiger partial charge in [-0.25, -0.2) is 9.66 Å². The fourth-order valence-electron chi connectivity index (χ4n) is 3.00. The molecule has 1 N–H and O–H groups in total. The van der Waals surface area contributed by atoms with E-state index >= 15 is 0 Å². The molecule has 1 amide bonds. The fraction of sp³-hybridized carbons (Fsp3) is 0.444. The maximum atomic E-state index is 13.1. The van der Waals surface area contributed by atoms with E-state index in [1.165, 1.54) is 25.2 Å². The lowest BCUT2D eigenvalue weighted by Crippen LogP contribution is -2.38. The predicted octanol–water partition coefficient (Wildman–Crippen LogP) is 4.34. The van der Waals surface area contributed by atoms with Crippen molar-refractivity contribution in [2.75, 3.05) is 5.43 Å². The van der Waals surface area contributed by atoms with Crippen molar-refractivity contribution in [2.45, 2.75) is 52.8 Å². The quantitative estimate of drug-likeness (QED) is 0.559. The van der Waals surface area contributed by atoms with Gasteiger partial charge in [-0.15, -0.1) is 11.3 Å². The van der Waals surface area contributed by atoms with Gasteiger partial charge in [0.25, 0.3) is 11.5 Å². The van der Waals surface area contributed by atoms with Crippen molar-refractivity contribution < 1.29 is 18.0 Å². The number of amides is 1. The van der Waals surface area contributed by atoms with Crippen LogP contribution in [0.4, 0.5) is 13.2 Å². The Labute approximate surface area is 182 Å². The lowest BCUT2D eigenvalue weighted by molar-refractivity contribution is -0.142. The topological polar surface area (TPSA) is 81.8 Å². The number of halogens is 4. The summed E-state index contributed by atoms with van der Waals surface area (Å²) in [5.74, 6) is -0.426. The van der Waals surface area contributed by atoms with Gasteiger partial charge in [0.1, 0.15) is 16.7 Å². The Balaban J connectivity index is 1.94. The molecular weight excluding hydrogens is 487 g/mol. The molecule has 3 aromatic rings. The average molecular weight is 506 g/mol. The van der Waals surface area contributed by atoms with E-state index in [2.05, 4.69) is 31.4 Å². The molecule has 0 saturated carbocycles. The second-order valence-corrected chi connectivity index (χ2v) is 8.73. The minimum Gasteiger partial charge on any atom is -0.271 e. The molecule has 0 saturated heterocycles. The van der Waals surface area contributed by atoms with E-state index in [0.717, 1.165) is 27.1 Å².